The molecule has 0 spiro atoms. The van der Waals surface area contributed by atoms with Gasteiger partial charge in [0.15, 0.2) is 5.11 Å². The third-order valence-corrected chi connectivity index (χ3v) is 3.27. The molecule has 1 aliphatic heterocycles. The smallest absolute Gasteiger partial charge is 0.252 e. The maximum atomic E-state index is 13.2. The molecule has 1 amide bonds. The minimum atomic E-state index is -0.365. The van der Waals surface area contributed by atoms with E-state index >= 15 is 0 Å². The van der Waals surface area contributed by atoms with Crippen molar-refractivity contribution in [3.63, 3.8) is 0 Å². The number of nitrogens with zero attached hydrogens (tertiary/aromatic N) is 2. The number of thiocarbonyl (C=S) groups is 1. The average molecular weight is 252 g/mol. The number of anilines is 1. The second-order valence-corrected chi connectivity index (χ2v) is 4.32. The predicted octanol–water partition coefficient (Wildman–Crippen LogP) is 2.09. The van der Waals surface area contributed by atoms with E-state index in [0.29, 0.717) is 17.3 Å². The van der Waals surface area contributed by atoms with Gasteiger partial charge >= 0.3 is 0 Å². The van der Waals surface area contributed by atoms with Crippen molar-refractivity contribution in [1.29, 1.82) is 0 Å². The van der Waals surface area contributed by atoms with Gasteiger partial charge in [-0.1, -0.05) is 6.07 Å². The maximum absolute atomic E-state index is 13.2. The molecule has 0 aliphatic carbocycles. The molecule has 0 saturated carbocycles. The number of hydrogen-bond acceptors (Lipinski definition) is 2. The van der Waals surface area contributed by atoms with Crippen LogP contribution in [0.5, 0.6) is 0 Å². The van der Waals surface area contributed by atoms with Crippen molar-refractivity contribution in [2.24, 2.45) is 0 Å². The summed E-state index contributed by atoms with van der Waals surface area (Å²) in [6, 6.07) is 4.37. The van der Waals surface area contributed by atoms with Crippen LogP contribution >= 0.6 is 12.2 Å². The summed E-state index contributed by atoms with van der Waals surface area (Å²) in [5, 5.41) is 0.450. The number of carbonyl (C=O) groups is 1. The second-order valence-electron chi connectivity index (χ2n) is 3.96. The topological polar surface area (TPSA) is 23.6 Å². The first-order valence-electron chi connectivity index (χ1n) is 5.42. The van der Waals surface area contributed by atoms with E-state index in [9.17, 15) is 9.18 Å². The van der Waals surface area contributed by atoms with Gasteiger partial charge in [-0.25, -0.2) is 4.39 Å². The zero-order valence-electron chi connectivity index (χ0n) is 9.74. The van der Waals surface area contributed by atoms with Gasteiger partial charge in [0.25, 0.3) is 5.91 Å². The fourth-order valence-electron chi connectivity index (χ4n) is 1.86. The third-order valence-electron chi connectivity index (χ3n) is 2.83. The Hall–Kier alpha value is -1.49. The lowest BCUT2D eigenvalue weighted by Gasteiger charge is -2.20. The quantitative estimate of drug-likeness (QED) is 0.753. The first kappa shape index (κ1) is 12.0. The van der Waals surface area contributed by atoms with E-state index in [2.05, 4.69) is 0 Å². The Morgan fingerprint density at radius 1 is 1.47 bits per heavy atom. The van der Waals surface area contributed by atoms with Crippen molar-refractivity contribution >= 4 is 28.9 Å². The molecule has 1 aliphatic rings. The lowest BCUT2D eigenvalue weighted by molar-refractivity contribution is -0.116. The minimum Gasteiger partial charge on any atom is -0.339 e. The van der Waals surface area contributed by atoms with E-state index in [-0.39, 0.29) is 18.3 Å². The van der Waals surface area contributed by atoms with Crippen molar-refractivity contribution in [2.75, 3.05) is 18.0 Å². The Labute approximate surface area is 105 Å². The number of rotatable bonds is 2. The summed E-state index contributed by atoms with van der Waals surface area (Å²) in [6.07, 6.45) is 0. The van der Waals surface area contributed by atoms with Gasteiger partial charge in [0.1, 0.15) is 5.82 Å². The van der Waals surface area contributed by atoms with Gasteiger partial charge in [0.2, 0.25) is 0 Å². The molecule has 1 aromatic carbocycles. The highest BCUT2D eigenvalue weighted by molar-refractivity contribution is 7.80. The minimum absolute atomic E-state index is 0.106. The highest BCUT2D eigenvalue weighted by Crippen LogP contribution is 2.25. The largest absolute Gasteiger partial charge is 0.339 e. The lowest BCUT2D eigenvalue weighted by atomic mass is 10.2. The zero-order chi connectivity index (χ0) is 12.6. The molecule has 1 aromatic rings. The highest BCUT2D eigenvalue weighted by atomic mass is 32.1. The van der Waals surface area contributed by atoms with E-state index in [1.165, 1.54) is 17.0 Å². The van der Waals surface area contributed by atoms with Gasteiger partial charge in [-0.05, 0) is 43.8 Å². The number of amides is 1. The first-order valence-corrected chi connectivity index (χ1v) is 5.83. The molecule has 90 valence electrons. The molecule has 0 unspecified atom stereocenters. The Morgan fingerprint density at radius 2 is 2.18 bits per heavy atom. The van der Waals surface area contributed by atoms with Gasteiger partial charge in [0.05, 0.1) is 12.2 Å². The predicted molar refractivity (Wildman–Crippen MR) is 68.5 cm³/mol. The van der Waals surface area contributed by atoms with Crippen LogP contribution in [0.4, 0.5) is 10.1 Å². The second kappa shape index (κ2) is 4.41. The molecule has 1 fully saturated rings. The normalized spacial score (nSPS) is 15.9. The Balaban J connectivity index is 2.43. The number of halogens is 1. The third kappa shape index (κ3) is 2.02. The molecular weight excluding hydrogens is 239 g/mol. The first-order chi connectivity index (χ1) is 8.04. The Bertz CT molecular complexity index is 489. The Morgan fingerprint density at radius 3 is 2.76 bits per heavy atom. The van der Waals surface area contributed by atoms with E-state index in [4.69, 9.17) is 12.2 Å². The van der Waals surface area contributed by atoms with Crippen molar-refractivity contribution in [1.82, 2.24) is 4.90 Å². The summed E-state index contributed by atoms with van der Waals surface area (Å²) >= 11 is 5.23. The molecule has 0 N–H and O–H groups in total. The van der Waals surface area contributed by atoms with Crippen molar-refractivity contribution in [3.05, 3.63) is 29.6 Å². The summed E-state index contributed by atoms with van der Waals surface area (Å²) in [5.74, 6) is -0.471. The van der Waals surface area contributed by atoms with Crippen LogP contribution < -0.4 is 4.90 Å². The van der Waals surface area contributed by atoms with Gasteiger partial charge in [-0.3, -0.25) is 9.69 Å². The standard InChI is InChI=1S/C12H13FN2OS/c1-3-14-7-11(16)15(12(14)17)10-6-9(13)5-4-8(10)2/h4-6H,3,7H2,1-2H3. The van der Waals surface area contributed by atoms with Gasteiger partial charge in [-0.15, -0.1) is 0 Å². The maximum Gasteiger partial charge on any atom is 0.252 e. The molecule has 0 bridgehead atoms. The van der Waals surface area contributed by atoms with Crippen LogP contribution in [0.2, 0.25) is 0 Å². The summed E-state index contributed by atoms with van der Waals surface area (Å²) < 4.78 is 13.2. The molecule has 2 rings (SSSR count). The number of hydrogen-bond donors (Lipinski definition) is 0. The molecule has 0 radical (unpaired) electrons. The molecule has 5 heteroatoms. The molecule has 0 aromatic heterocycles. The number of benzene rings is 1. The van der Waals surface area contributed by atoms with Crippen LogP contribution in [-0.2, 0) is 4.79 Å². The lowest BCUT2D eigenvalue weighted by Crippen LogP contribution is -2.33. The van der Waals surface area contributed by atoms with Crippen LogP contribution in [0.1, 0.15) is 12.5 Å². The molecule has 1 saturated heterocycles. The molecule has 3 nitrogen and oxygen atoms in total. The van der Waals surface area contributed by atoms with E-state index < -0.39 is 0 Å². The number of likely N-dealkylation sites (N-methyl/N-ethyl adjacent to an activating group) is 1. The highest BCUT2D eigenvalue weighted by Gasteiger charge is 2.33. The SMILES string of the molecule is CCN1CC(=O)N(c2cc(F)ccc2C)C1=S. The van der Waals surface area contributed by atoms with E-state index in [1.54, 1.807) is 11.0 Å². The fraction of sp³-hybridized carbons (Fsp3) is 0.333. The van der Waals surface area contributed by atoms with Crippen molar-refractivity contribution in [3.8, 4) is 0 Å². The van der Waals surface area contributed by atoms with E-state index in [1.807, 2.05) is 13.8 Å². The van der Waals surface area contributed by atoms with Crippen molar-refractivity contribution in [2.45, 2.75) is 13.8 Å². The van der Waals surface area contributed by atoms with Crippen LogP contribution in [0.25, 0.3) is 0 Å². The summed E-state index contributed by atoms with van der Waals surface area (Å²) in [4.78, 5) is 15.1. The molecular formula is C12H13FN2OS. The van der Waals surface area contributed by atoms with Crippen LogP contribution in [0.15, 0.2) is 18.2 Å². The molecule has 17 heavy (non-hydrogen) atoms. The van der Waals surface area contributed by atoms with Gasteiger partial charge < -0.3 is 4.90 Å². The van der Waals surface area contributed by atoms with Gasteiger partial charge in [-0.2, -0.15) is 0 Å². The van der Waals surface area contributed by atoms with Crippen LogP contribution in [-0.4, -0.2) is 29.0 Å². The van der Waals surface area contributed by atoms with Crippen LogP contribution in [0, 0.1) is 12.7 Å². The fourth-order valence-corrected chi connectivity index (χ4v) is 2.25. The molecule has 0 atom stereocenters. The average Bonchev–Trinajstić information content (AvgIpc) is 2.58. The van der Waals surface area contributed by atoms with E-state index in [0.717, 1.165) is 5.56 Å². The number of carbonyl (C=O) groups excluding carboxylic acids is 1. The summed E-state index contributed by atoms with van der Waals surface area (Å²) in [7, 11) is 0. The Kier molecular flexibility index (Phi) is 3.11. The van der Waals surface area contributed by atoms with Crippen molar-refractivity contribution < 1.29 is 9.18 Å². The zero-order valence-corrected chi connectivity index (χ0v) is 10.6. The number of aryl methyl sites for hydroxylation is 1. The van der Waals surface area contributed by atoms with Crippen LogP contribution in [0.3, 0.4) is 0 Å². The monoisotopic (exact) mass is 252 g/mol. The van der Waals surface area contributed by atoms with Gasteiger partial charge in [0, 0.05) is 6.54 Å². The summed E-state index contributed by atoms with van der Waals surface area (Å²) in [6.45, 7) is 4.71. The summed E-state index contributed by atoms with van der Waals surface area (Å²) in [5.41, 5.74) is 1.37. The molecule has 1 heterocycles.